The fraction of sp³-hybridized carbons (Fsp3) is 0.417. The van der Waals surface area contributed by atoms with Crippen molar-refractivity contribution in [1.82, 2.24) is 0 Å². The van der Waals surface area contributed by atoms with E-state index in [0.29, 0.717) is 12.2 Å². The zero-order chi connectivity index (χ0) is 13.8. The number of alkyl halides is 3. The monoisotopic (exact) mass is 279 g/mol. The Balaban J connectivity index is 2.97. The number of hydrogen-bond donors (Lipinski definition) is 0. The normalized spacial score (nSPS) is 11.4. The summed E-state index contributed by atoms with van der Waals surface area (Å²) < 4.78 is 41.5. The molecule has 0 aliphatic rings. The molecule has 0 spiro atoms. The predicted molar refractivity (Wildman–Crippen MR) is 66.7 cm³/mol. The second kappa shape index (κ2) is 6.13. The zero-order valence-electron chi connectivity index (χ0n) is 10.0. The molecule has 0 amide bonds. The Kier molecular flexibility index (Phi) is 5.07. The lowest BCUT2D eigenvalue weighted by molar-refractivity contribution is -0.0316. The maximum atomic E-state index is 12.1. The first-order valence-corrected chi connectivity index (χ1v) is 6.18. The van der Waals surface area contributed by atoms with Gasteiger partial charge in [0.2, 0.25) is 0 Å². The molecule has 0 saturated heterocycles. The van der Waals surface area contributed by atoms with Gasteiger partial charge in [-0.2, -0.15) is 13.2 Å². The minimum absolute atomic E-state index is 0.154. The molecule has 1 aromatic rings. The fourth-order valence-corrected chi connectivity index (χ4v) is 2.01. The van der Waals surface area contributed by atoms with Crippen LogP contribution in [-0.2, 0) is 6.42 Å². The molecule has 6 heteroatoms. The number of ether oxygens (including phenoxy) is 1. The maximum absolute atomic E-state index is 12.1. The molecule has 2 nitrogen and oxygen atoms in total. The lowest BCUT2D eigenvalue weighted by Crippen LogP contribution is -2.08. The molecule has 0 aliphatic heterocycles. The van der Waals surface area contributed by atoms with Crippen molar-refractivity contribution in [3.05, 3.63) is 29.3 Å². The van der Waals surface area contributed by atoms with E-state index in [1.54, 1.807) is 6.07 Å². The van der Waals surface area contributed by atoms with Gasteiger partial charge in [-0.1, -0.05) is 13.3 Å². The molecule has 0 heterocycles. The lowest BCUT2D eigenvalue weighted by Gasteiger charge is -2.08. The van der Waals surface area contributed by atoms with E-state index in [1.807, 2.05) is 6.92 Å². The number of carbonyl (C=O) groups excluding carboxylic acids is 1. The molecule has 1 aromatic carbocycles. The number of aryl methyl sites for hydroxylation is 1. The Morgan fingerprint density at radius 2 is 2.06 bits per heavy atom. The highest BCUT2D eigenvalue weighted by Gasteiger charge is 2.37. The van der Waals surface area contributed by atoms with E-state index in [-0.39, 0.29) is 5.56 Å². The second-order valence-electron chi connectivity index (χ2n) is 3.63. The van der Waals surface area contributed by atoms with E-state index in [4.69, 9.17) is 4.74 Å². The highest BCUT2D eigenvalue weighted by atomic mass is 32.2. The first-order chi connectivity index (χ1) is 8.37. The van der Waals surface area contributed by atoms with E-state index in [9.17, 15) is 18.0 Å². The number of methoxy groups -OCH3 is 1. The lowest BCUT2D eigenvalue weighted by atomic mass is 10.1. The van der Waals surface area contributed by atoms with Crippen molar-refractivity contribution in [2.45, 2.75) is 25.3 Å². The van der Waals surface area contributed by atoms with Gasteiger partial charge >= 0.3 is 10.6 Å². The summed E-state index contributed by atoms with van der Waals surface area (Å²) in [5, 5.41) is -0.748. The van der Waals surface area contributed by atoms with Crippen molar-refractivity contribution >= 4 is 16.9 Å². The maximum Gasteiger partial charge on any atom is 0.454 e. The van der Waals surface area contributed by atoms with Crippen LogP contribution in [0.15, 0.2) is 18.2 Å². The molecule has 1 N–H and O–H groups in total. The van der Waals surface area contributed by atoms with Crippen LogP contribution in [0.2, 0.25) is 0 Å². The highest BCUT2D eigenvalue weighted by molar-refractivity contribution is 8.14. The van der Waals surface area contributed by atoms with Gasteiger partial charge in [0, 0.05) is 0 Å². The Morgan fingerprint density at radius 3 is 2.56 bits per heavy atom. The van der Waals surface area contributed by atoms with Gasteiger partial charge in [0.05, 0.1) is 24.4 Å². The van der Waals surface area contributed by atoms with E-state index in [2.05, 4.69) is 0 Å². The molecular formula is C12H14F3O2S+. The van der Waals surface area contributed by atoms with Crippen molar-refractivity contribution in [3.63, 3.8) is 0 Å². The van der Waals surface area contributed by atoms with Gasteiger partial charge in [-0.3, -0.25) is 4.79 Å². The second-order valence-corrected chi connectivity index (χ2v) is 4.68. The zero-order valence-corrected chi connectivity index (χ0v) is 10.9. The number of thioether (sulfide) groups is 1. The van der Waals surface area contributed by atoms with Gasteiger partial charge in [-0.25, -0.2) is 0 Å². The van der Waals surface area contributed by atoms with E-state index in [1.165, 1.54) is 19.2 Å². The van der Waals surface area contributed by atoms with E-state index >= 15 is 0 Å². The summed E-state index contributed by atoms with van der Waals surface area (Å²) in [5.41, 5.74) is -3.55. The Morgan fingerprint density at radius 1 is 1.39 bits per heavy atom. The minimum atomic E-state index is -4.49. The van der Waals surface area contributed by atoms with Crippen LogP contribution in [0.3, 0.4) is 0 Å². The van der Waals surface area contributed by atoms with Gasteiger partial charge in [-0.05, 0) is 30.2 Å². The van der Waals surface area contributed by atoms with Crippen LogP contribution in [0.5, 0.6) is 5.75 Å². The van der Waals surface area contributed by atoms with E-state index in [0.717, 1.165) is 12.0 Å². The summed E-state index contributed by atoms with van der Waals surface area (Å²) in [7, 11) is 1.50. The summed E-state index contributed by atoms with van der Waals surface area (Å²) in [6, 6.07) is 4.50. The average molecular weight is 279 g/mol. The molecule has 0 radical (unpaired) electrons. The molecule has 1 rings (SSSR count). The molecule has 0 aromatic heterocycles. The van der Waals surface area contributed by atoms with Crippen LogP contribution in [0.4, 0.5) is 13.2 Å². The minimum Gasteiger partial charge on any atom is -0.496 e. The van der Waals surface area contributed by atoms with Gasteiger partial charge in [0.25, 0.3) is 0 Å². The quantitative estimate of drug-likeness (QED) is 0.786. The summed E-state index contributed by atoms with van der Waals surface area (Å²) in [6.07, 6.45) is 1.52. The highest BCUT2D eigenvalue weighted by Crippen LogP contribution is 2.33. The molecule has 18 heavy (non-hydrogen) atoms. The van der Waals surface area contributed by atoms with E-state index < -0.39 is 22.4 Å². The summed E-state index contributed by atoms with van der Waals surface area (Å²) in [5.74, 6) is 0.616. The summed E-state index contributed by atoms with van der Waals surface area (Å²) in [6.45, 7) is 1.96. The Bertz CT molecular complexity index is 430. The van der Waals surface area contributed by atoms with Crippen molar-refractivity contribution in [3.8, 4) is 5.75 Å². The molecule has 0 saturated carbocycles. The van der Waals surface area contributed by atoms with Gasteiger partial charge < -0.3 is 4.74 Å². The van der Waals surface area contributed by atoms with Crippen LogP contribution < -0.4 is 4.74 Å². The van der Waals surface area contributed by atoms with Crippen LogP contribution in [0.25, 0.3) is 0 Å². The van der Waals surface area contributed by atoms with Crippen molar-refractivity contribution in [1.29, 1.82) is 0 Å². The average Bonchev–Trinajstić information content (AvgIpc) is 2.27. The fourth-order valence-electron chi connectivity index (χ4n) is 1.54. The third-order valence-corrected chi connectivity index (χ3v) is 2.92. The molecule has 0 bridgehead atoms. The van der Waals surface area contributed by atoms with Gasteiger partial charge in [0.15, 0.2) is 0 Å². The smallest absolute Gasteiger partial charge is 0.454 e. The third kappa shape index (κ3) is 4.25. The number of benzene rings is 1. The predicted octanol–water partition coefficient (Wildman–Crippen LogP) is 3.75. The SMILES string of the molecule is CCCc1cc(C(=[OH+])SC(F)(F)F)ccc1OC. The van der Waals surface area contributed by atoms with Crippen LogP contribution in [0, 0.1) is 0 Å². The van der Waals surface area contributed by atoms with Crippen LogP contribution in [-0.4, -0.2) is 22.5 Å². The number of hydrogen-bond acceptors (Lipinski definition) is 2. The Hall–Kier alpha value is -1.17. The largest absolute Gasteiger partial charge is 0.496 e. The third-order valence-electron chi connectivity index (χ3n) is 2.26. The molecule has 0 aliphatic carbocycles. The molecular weight excluding hydrogens is 265 g/mol. The first kappa shape index (κ1) is 14.9. The number of halogens is 3. The standard InChI is InChI=1S/C12H13F3O2S/c1-3-4-8-7-9(5-6-10(8)17-2)11(16)18-12(13,14)15/h5-7H,3-4H2,1-2H3/p+1. The molecule has 100 valence electrons. The van der Waals surface area contributed by atoms with Gasteiger partial charge in [-0.15, -0.1) is 0 Å². The van der Waals surface area contributed by atoms with Crippen molar-refractivity contribution < 1.29 is 22.7 Å². The van der Waals surface area contributed by atoms with Gasteiger partial charge in [0.1, 0.15) is 5.75 Å². The summed E-state index contributed by atoms with van der Waals surface area (Å²) >= 11 is -0.519. The van der Waals surface area contributed by atoms with Crippen LogP contribution >= 0.6 is 11.8 Å². The topological polar surface area (TPSA) is 30.6 Å². The molecule has 0 atom stereocenters. The van der Waals surface area contributed by atoms with Crippen LogP contribution in [0.1, 0.15) is 24.5 Å². The Labute approximate surface area is 108 Å². The first-order valence-electron chi connectivity index (χ1n) is 5.36. The summed E-state index contributed by atoms with van der Waals surface area (Å²) in [4.78, 5) is 9.43. The molecule has 0 unspecified atom stereocenters. The molecule has 0 fully saturated rings. The van der Waals surface area contributed by atoms with Crippen molar-refractivity contribution in [2.75, 3.05) is 7.11 Å². The van der Waals surface area contributed by atoms with Crippen molar-refractivity contribution in [2.24, 2.45) is 0 Å². The number of rotatable bonds is 4.